The maximum atomic E-state index is 11.9. The number of benzene rings is 7. The molecule has 7 rings (SSSR count). The fourth-order valence-electron chi connectivity index (χ4n) is 7.61. The first-order valence-electron chi connectivity index (χ1n) is 23.4. The Morgan fingerprint density at radius 2 is 0.597 bits per heavy atom. The molecule has 0 aliphatic heterocycles. The molecule has 0 atom stereocenters. The van der Waals surface area contributed by atoms with Gasteiger partial charge < -0.3 is 0 Å². The molecule has 72 heavy (non-hydrogen) atoms. The van der Waals surface area contributed by atoms with Crippen LogP contribution in [0.3, 0.4) is 0 Å². The molecule has 7 aromatic rings. The number of aryl methyl sites for hydroxylation is 2. The molecule has 7 aromatic carbocycles. The average molecular weight is 1010 g/mol. The van der Waals surface area contributed by atoms with Crippen molar-refractivity contribution < 1.29 is 19.2 Å². The van der Waals surface area contributed by atoms with Crippen molar-refractivity contribution in [2.24, 2.45) is 0 Å². The van der Waals surface area contributed by atoms with E-state index in [1.54, 1.807) is 27.7 Å². The Balaban J connectivity index is 1.28. The number of carbonyl (C=O) groups is 4. The lowest BCUT2D eigenvalue weighted by Crippen LogP contribution is -2.01. The van der Waals surface area contributed by atoms with Crippen LogP contribution in [-0.4, -0.2) is 20.5 Å². The maximum Gasteiger partial charge on any atom is 0.190 e. The van der Waals surface area contributed by atoms with E-state index in [-0.39, 0.29) is 20.5 Å². The van der Waals surface area contributed by atoms with Crippen molar-refractivity contribution in [3.8, 4) is 47.4 Å². The van der Waals surface area contributed by atoms with Crippen LogP contribution in [0.2, 0.25) is 0 Å². The zero-order valence-corrected chi connectivity index (χ0v) is 44.2. The van der Waals surface area contributed by atoms with Crippen molar-refractivity contribution in [2.45, 2.75) is 86.8 Å². The van der Waals surface area contributed by atoms with E-state index in [2.05, 4.69) is 110 Å². The summed E-state index contributed by atoms with van der Waals surface area (Å²) in [6.45, 7) is 10.5. The molecule has 0 aromatic heterocycles. The molecule has 0 heterocycles. The predicted molar refractivity (Wildman–Crippen MR) is 300 cm³/mol. The molecule has 0 aliphatic carbocycles. The normalized spacial score (nSPS) is 10.3. The summed E-state index contributed by atoms with van der Waals surface area (Å²) < 4.78 is 0. The molecule has 0 spiro atoms. The molecular formula is C64H50O4S4. The van der Waals surface area contributed by atoms with Gasteiger partial charge in [-0.15, -0.1) is 0 Å². The molecule has 0 fully saturated rings. The third-order valence-electron chi connectivity index (χ3n) is 11.1. The largest absolute Gasteiger partial charge is 0.287 e. The quantitative estimate of drug-likeness (QED) is 0.0992. The maximum absolute atomic E-state index is 11.9. The lowest BCUT2D eigenvalue weighted by Gasteiger charge is -2.13. The summed E-state index contributed by atoms with van der Waals surface area (Å²) in [4.78, 5) is 50.4. The minimum atomic E-state index is 0.0375. The summed E-state index contributed by atoms with van der Waals surface area (Å²) in [6, 6.07) is 48.3. The van der Waals surface area contributed by atoms with Crippen LogP contribution in [0.4, 0.5) is 0 Å². The Morgan fingerprint density at radius 3 is 0.903 bits per heavy atom. The van der Waals surface area contributed by atoms with Gasteiger partial charge in [0.15, 0.2) is 20.5 Å². The zero-order chi connectivity index (χ0) is 51.0. The van der Waals surface area contributed by atoms with Gasteiger partial charge in [0.25, 0.3) is 0 Å². The molecule has 0 aliphatic rings. The predicted octanol–water partition coefficient (Wildman–Crippen LogP) is 14.1. The van der Waals surface area contributed by atoms with E-state index >= 15 is 0 Å². The van der Waals surface area contributed by atoms with Crippen LogP contribution in [0.1, 0.15) is 119 Å². The molecular weight excluding hydrogens is 961 g/mol. The van der Waals surface area contributed by atoms with Crippen LogP contribution >= 0.6 is 47.0 Å². The van der Waals surface area contributed by atoms with Crippen molar-refractivity contribution in [3.05, 3.63) is 223 Å². The van der Waals surface area contributed by atoms with Gasteiger partial charge in [-0.05, 0) is 180 Å². The third-order valence-corrected chi connectivity index (χ3v) is 14.2. The van der Waals surface area contributed by atoms with Gasteiger partial charge in [0.05, 0.1) is 0 Å². The number of hydrogen-bond donors (Lipinski definition) is 0. The Hall–Kier alpha value is -7.14. The van der Waals surface area contributed by atoms with Crippen molar-refractivity contribution in [2.75, 3.05) is 0 Å². The minimum Gasteiger partial charge on any atom is -0.287 e. The summed E-state index contributed by atoms with van der Waals surface area (Å²) in [7, 11) is 0. The van der Waals surface area contributed by atoms with Crippen molar-refractivity contribution >= 4 is 67.5 Å². The van der Waals surface area contributed by atoms with Crippen LogP contribution < -0.4 is 0 Å². The monoisotopic (exact) mass is 1010 g/mol. The van der Waals surface area contributed by atoms with Gasteiger partial charge >= 0.3 is 0 Å². The van der Waals surface area contributed by atoms with Crippen molar-refractivity contribution in [1.29, 1.82) is 0 Å². The third kappa shape index (κ3) is 15.9. The van der Waals surface area contributed by atoms with Gasteiger partial charge in [0.2, 0.25) is 0 Å². The molecule has 0 saturated heterocycles. The Labute approximate surface area is 441 Å². The molecule has 8 heteroatoms. The molecule has 0 N–H and O–H groups in total. The number of carbonyl (C=O) groups excluding carboxylic acids is 4. The number of rotatable bonds is 10. The van der Waals surface area contributed by atoms with E-state index < -0.39 is 0 Å². The van der Waals surface area contributed by atoms with Gasteiger partial charge in [0, 0.05) is 91.8 Å². The SMILES string of the molecule is CCc1cc(C#Cc2ccc(SC(C)=O)cc2)ccc1C#Cc1cc(Cc2ccc(SC(C)=O)cc2)c(C#Cc2ccc(C#Cc3ccc(SC(C)=O)cc3)cc2CC)cc1Cc1ccc(SC(C)=O)cc1. The van der Waals surface area contributed by atoms with E-state index in [9.17, 15) is 19.2 Å². The molecule has 0 amide bonds. The van der Waals surface area contributed by atoms with Crippen LogP contribution in [-0.2, 0) is 44.9 Å². The lowest BCUT2D eigenvalue weighted by atomic mass is 9.91. The second kappa shape index (κ2) is 25.8. The first-order valence-corrected chi connectivity index (χ1v) is 26.7. The molecule has 354 valence electrons. The Bertz CT molecular complexity index is 3200. The van der Waals surface area contributed by atoms with E-state index in [0.717, 1.165) is 110 Å². The van der Waals surface area contributed by atoms with E-state index in [1.807, 2.05) is 97.1 Å². The highest BCUT2D eigenvalue weighted by Crippen LogP contribution is 2.27. The summed E-state index contributed by atoms with van der Waals surface area (Å²) in [5.74, 6) is 27.4. The van der Waals surface area contributed by atoms with Gasteiger partial charge in [-0.25, -0.2) is 0 Å². The van der Waals surface area contributed by atoms with Gasteiger partial charge in [0.1, 0.15) is 0 Å². The second-order valence-corrected chi connectivity index (χ2v) is 21.7. The smallest absolute Gasteiger partial charge is 0.190 e. The van der Waals surface area contributed by atoms with Crippen LogP contribution in [0.25, 0.3) is 0 Å². The Morgan fingerprint density at radius 1 is 0.319 bits per heavy atom. The molecule has 4 nitrogen and oxygen atoms in total. The van der Waals surface area contributed by atoms with Crippen LogP contribution in [0.5, 0.6) is 0 Å². The Kier molecular flexibility index (Phi) is 18.9. The molecule has 0 saturated carbocycles. The highest BCUT2D eigenvalue weighted by molar-refractivity contribution is 8.14. The van der Waals surface area contributed by atoms with E-state index in [1.165, 1.54) is 47.0 Å². The molecule has 0 bridgehead atoms. The van der Waals surface area contributed by atoms with Gasteiger partial charge in [-0.1, -0.05) is 133 Å². The highest BCUT2D eigenvalue weighted by atomic mass is 32.2. The topological polar surface area (TPSA) is 68.3 Å². The summed E-state index contributed by atoms with van der Waals surface area (Å²) in [6.07, 6.45) is 2.73. The summed E-state index contributed by atoms with van der Waals surface area (Å²) >= 11 is 4.85. The summed E-state index contributed by atoms with van der Waals surface area (Å²) in [5, 5.41) is 0.168. The van der Waals surface area contributed by atoms with E-state index in [0.29, 0.717) is 12.8 Å². The van der Waals surface area contributed by atoms with Crippen LogP contribution in [0, 0.1) is 47.4 Å². The highest BCUT2D eigenvalue weighted by Gasteiger charge is 2.13. The standard InChI is InChI=1S/C64H50O4S4/c1-7-53-37-49(11-9-47-15-29-61(30-16-47)69-43(3)65)13-23-55(53)25-27-57-41-60(40-52-21-35-64(36-22-52)72-46(6)68)58(42-59(57)39-51-19-33-63(34-20-51)71-45(5)67)28-26-56-24-14-50(38-54(56)8-2)12-10-48-17-31-62(32-18-48)70-44(4)66/h13-24,29-38,41-42H,7-8,39-40H2,1-6H3. The molecule has 0 radical (unpaired) electrons. The van der Waals surface area contributed by atoms with Gasteiger partial charge in [-0.2, -0.15) is 0 Å². The van der Waals surface area contributed by atoms with E-state index in [4.69, 9.17) is 0 Å². The lowest BCUT2D eigenvalue weighted by molar-refractivity contribution is -0.109. The first-order chi connectivity index (χ1) is 34.8. The van der Waals surface area contributed by atoms with Crippen molar-refractivity contribution in [1.82, 2.24) is 0 Å². The zero-order valence-electron chi connectivity index (χ0n) is 41.0. The van der Waals surface area contributed by atoms with Crippen molar-refractivity contribution in [3.63, 3.8) is 0 Å². The van der Waals surface area contributed by atoms with Gasteiger partial charge in [-0.3, -0.25) is 19.2 Å². The minimum absolute atomic E-state index is 0.0375. The second-order valence-electron chi connectivity index (χ2n) is 16.7. The number of hydrogen-bond acceptors (Lipinski definition) is 8. The summed E-state index contributed by atoms with van der Waals surface area (Å²) in [5.41, 5.74) is 13.6. The number of thioether (sulfide) groups is 4. The molecule has 0 unspecified atom stereocenters. The average Bonchev–Trinajstić information content (AvgIpc) is 3.36. The fourth-order valence-corrected chi connectivity index (χ4v) is 10.0. The fraction of sp³-hybridized carbons (Fsp3) is 0.156. The first kappa shape index (κ1) is 52.7. The van der Waals surface area contributed by atoms with Crippen LogP contribution in [0.15, 0.2) is 165 Å².